The van der Waals surface area contributed by atoms with Gasteiger partial charge in [-0.3, -0.25) is 0 Å². The minimum Gasteiger partial charge on any atom is -0.495 e. The Morgan fingerprint density at radius 3 is 2.24 bits per heavy atom. The van der Waals surface area contributed by atoms with Crippen LogP contribution in [0.5, 0.6) is 5.75 Å². The Balaban J connectivity index is 1.87. The van der Waals surface area contributed by atoms with Gasteiger partial charge in [-0.15, -0.1) is 0 Å². The molecular weight excluding hydrogens is 312 g/mol. The summed E-state index contributed by atoms with van der Waals surface area (Å²) in [6.45, 7) is 6.04. The Bertz CT molecular complexity index is 875. The fourth-order valence-corrected chi connectivity index (χ4v) is 2.51. The molecule has 1 aromatic heterocycles. The zero-order chi connectivity index (χ0) is 17.8. The first-order valence-electron chi connectivity index (χ1n) is 8.14. The molecule has 0 aliphatic carbocycles. The van der Waals surface area contributed by atoms with Gasteiger partial charge < -0.3 is 15.4 Å². The van der Waals surface area contributed by atoms with E-state index in [9.17, 15) is 0 Å². The molecule has 5 heteroatoms. The fourth-order valence-electron chi connectivity index (χ4n) is 2.51. The van der Waals surface area contributed by atoms with E-state index >= 15 is 0 Å². The van der Waals surface area contributed by atoms with E-state index in [1.54, 1.807) is 7.11 Å². The Kier molecular flexibility index (Phi) is 4.84. The zero-order valence-corrected chi connectivity index (χ0v) is 14.9. The van der Waals surface area contributed by atoms with Crippen LogP contribution in [0.2, 0.25) is 0 Å². The van der Waals surface area contributed by atoms with Crippen LogP contribution in [0, 0.1) is 20.8 Å². The second kappa shape index (κ2) is 7.21. The summed E-state index contributed by atoms with van der Waals surface area (Å²) >= 11 is 0. The molecule has 0 spiro atoms. The summed E-state index contributed by atoms with van der Waals surface area (Å²) < 4.78 is 5.41. The van der Waals surface area contributed by atoms with Crippen molar-refractivity contribution in [1.82, 2.24) is 9.97 Å². The molecule has 1 heterocycles. The minimum atomic E-state index is 0.526. The van der Waals surface area contributed by atoms with E-state index in [1.807, 2.05) is 50.2 Å². The number of ether oxygens (including phenoxy) is 1. The van der Waals surface area contributed by atoms with Crippen LogP contribution >= 0.6 is 0 Å². The van der Waals surface area contributed by atoms with Crippen molar-refractivity contribution in [2.75, 3.05) is 17.7 Å². The molecule has 0 bridgehead atoms. The van der Waals surface area contributed by atoms with Gasteiger partial charge >= 0.3 is 0 Å². The second-order valence-electron chi connectivity index (χ2n) is 6.04. The summed E-state index contributed by atoms with van der Waals surface area (Å²) in [7, 11) is 1.65. The molecule has 0 saturated carbocycles. The number of methoxy groups -OCH3 is 1. The molecule has 2 aromatic carbocycles. The third-order valence-electron chi connectivity index (χ3n) is 3.78. The average Bonchev–Trinajstić information content (AvgIpc) is 2.57. The molecule has 0 aliphatic rings. The van der Waals surface area contributed by atoms with Crippen molar-refractivity contribution in [2.45, 2.75) is 20.8 Å². The number of benzene rings is 2. The van der Waals surface area contributed by atoms with Crippen molar-refractivity contribution in [3.63, 3.8) is 0 Å². The second-order valence-corrected chi connectivity index (χ2v) is 6.04. The van der Waals surface area contributed by atoms with Gasteiger partial charge in [-0.1, -0.05) is 23.8 Å². The van der Waals surface area contributed by atoms with Crippen LogP contribution in [0.1, 0.15) is 16.8 Å². The molecule has 2 N–H and O–H groups in total. The summed E-state index contributed by atoms with van der Waals surface area (Å²) in [5, 5.41) is 6.57. The number of anilines is 4. The van der Waals surface area contributed by atoms with Crippen LogP contribution in [0.3, 0.4) is 0 Å². The number of hydrogen-bond acceptors (Lipinski definition) is 5. The number of nitrogens with zero attached hydrogens (tertiary/aromatic N) is 2. The molecule has 128 valence electrons. The molecule has 25 heavy (non-hydrogen) atoms. The lowest BCUT2D eigenvalue weighted by Crippen LogP contribution is -2.03. The van der Waals surface area contributed by atoms with Crippen LogP contribution in [0.15, 0.2) is 48.5 Å². The van der Waals surface area contributed by atoms with E-state index in [2.05, 4.69) is 39.7 Å². The highest BCUT2D eigenvalue weighted by molar-refractivity contribution is 5.65. The summed E-state index contributed by atoms with van der Waals surface area (Å²) in [6.07, 6.45) is 0. The maximum atomic E-state index is 5.41. The largest absolute Gasteiger partial charge is 0.495 e. The number of rotatable bonds is 5. The molecule has 0 fully saturated rings. The van der Waals surface area contributed by atoms with Gasteiger partial charge in [0.25, 0.3) is 0 Å². The standard InChI is InChI=1S/C20H22N4O/c1-13-5-8-16(9-6-13)22-19-12-15(3)21-20(24-19)23-17-11-14(2)7-10-18(17)25-4/h5-12H,1-4H3,(H2,21,22,23,24). The van der Waals surface area contributed by atoms with Crippen LogP contribution in [-0.4, -0.2) is 17.1 Å². The van der Waals surface area contributed by atoms with Gasteiger partial charge in [0.15, 0.2) is 0 Å². The number of aromatic nitrogens is 2. The van der Waals surface area contributed by atoms with Gasteiger partial charge in [0, 0.05) is 17.4 Å². The first-order valence-corrected chi connectivity index (χ1v) is 8.14. The smallest absolute Gasteiger partial charge is 0.229 e. The quantitative estimate of drug-likeness (QED) is 0.695. The van der Waals surface area contributed by atoms with Crippen molar-refractivity contribution in [3.8, 4) is 5.75 Å². The molecule has 0 saturated heterocycles. The molecule has 0 amide bonds. The van der Waals surface area contributed by atoms with Crippen LogP contribution in [0.25, 0.3) is 0 Å². The summed E-state index contributed by atoms with van der Waals surface area (Å²) in [5.74, 6) is 2.02. The third-order valence-corrected chi connectivity index (χ3v) is 3.78. The molecule has 3 aromatic rings. The molecule has 0 atom stereocenters. The molecule has 5 nitrogen and oxygen atoms in total. The molecule has 0 unspecified atom stereocenters. The SMILES string of the molecule is COc1ccc(C)cc1Nc1nc(C)cc(Nc2ccc(C)cc2)n1. The highest BCUT2D eigenvalue weighted by Gasteiger charge is 2.08. The predicted molar refractivity (Wildman–Crippen MR) is 102 cm³/mol. The van der Waals surface area contributed by atoms with Gasteiger partial charge in [0.05, 0.1) is 12.8 Å². The lowest BCUT2D eigenvalue weighted by Gasteiger charge is -2.13. The van der Waals surface area contributed by atoms with Crippen LogP contribution < -0.4 is 15.4 Å². The normalized spacial score (nSPS) is 10.4. The van der Waals surface area contributed by atoms with Gasteiger partial charge in [-0.25, -0.2) is 4.98 Å². The first kappa shape index (κ1) is 16.8. The van der Waals surface area contributed by atoms with Gasteiger partial charge in [-0.2, -0.15) is 4.98 Å². The highest BCUT2D eigenvalue weighted by atomic mass is 16.5. The van der Waals surface area contributed by atoms with Gasteiger partial charge in [0.2, 0.25) is 5.95 Å². The summed E-state index contributed by atoms with van der Waals surface area (Å²) in [4.78, 5) is 9.03. The molecule has 0 radical (unpaired) electrons. The maximum absolute atomic E-state index is 5.41. The minimum absolute atomic E-state index is 0.526. The van der Waals surface area contributed by atoms with Crippen molar-refractivity contribution < 1.29 is 4.74 Å². The Hall–Kier alpha value is -3.08. The number of aryl methyl sites for hydroxylation is 3. The van der Waals surface area contributed by atoms with E-state index in [4.69, 9.17) is 4.74 Å². The third kappa shape index (κ3) is 4.26. The first-order chi connectivity index (χ1) is 12.0. The monoisotopic (exact) mass is 334 g/mol. The fraction of sp³-hybridized carbons (Fsp3) is 0.200. The van der Waals surface area contributed by atoms with Gasteiger partial charge in [0.1, 0.15) is 11.6 Å². The summed E-state index contributed by atoms with van der Waals surface area (Å²) in [5.41, 5.74) is 5.06. The van der Waals surface area contributed by atoms with Crippen LogP contribution in [-0.2, 0) is 0 Å². The lowest BCUT2D eigenvalue weighted by molar-refractivity contribution is 0.416. The summed E-state index contributed by atoms with van der Waals surface area (Å²) in [6, 6.07) is 16.0. The van der Waals surface area contributed by atoms with Crippen LogP contribution in [0.4, 0.5) is 23.1 Å². The average molecular weight is 334 g/mol. The van der Waals surface area contributed by atoms with E-state index in [1.165, 1.54) is 5.56 Å². The van der Waals surface area contributed by atoms with Crippen molar-refractivity contribution in [1.29, 1.82) is 0 Å². The lowest BCUT2D eigenvalue weighted by atomic mass is 10.2. The predicted octanol–water partition coefficient (Wildman–Crippen LogP) is 4.90. The van der Waals surface area contributed by atoms with E-state index in [-0.39, 0.29) is 0 Å². The molecule has 0 aliphatic heterocycles. The molecular formula is C20H22N4O. The highest BCUT2D eigenvalue weighted by Crippen LogP contribution is 2.28. The number of hydrogen-bond donors (Lipinski definition) is 2. The zero-order valence-electron chi connectivity index (χ0n) is 14.9. The Morgan fingerprint density at radius 1 is 0.800 bits per heavy atom. The Labute approximate surface area is 148 Å². The van der Waals surface area contributed by atoms with E-state index < -0.39 is 0 Å². The van der Waals surface area contributed by atoms with E-state index in [0.29, 0.717) is 5.95 Å². The number of nitrogens with one attached hydrogen (secondary N) is 2. The van der Waals surface area contributed by atoms with Gasteiger partial charge in [-0.05, 0) is 50.6 Å². The topological polar surface area (TPSA) is 59.1 Å². The van der Waals surface area contributed by atoms with E-state index in [0.717, 1.165) is 34.2 Å². The van der Waals surface area contributed by atoms with Crippen molar-refractivity contribution in [3.05, 3.63) is 65.4 Å². The Morgan fingerprint density at radius 2 is 1.52 bits per heavy atom. The molecule has 3 rings (SSSR count). The van der Waals surface area contributed by atoms with Crippen molar-refractivity contribution in [2.24, 2.45) is 0 Å². The van der Waals surface area contributed by atoms with Crippen molar-refractivity contribution >= 4 is 23.1 Å². The maximum Gasteiger partial charge on any atom is 0.229 e.